The quantitative estimate of drug-likeness (QED) is 0.619. The Morgan fingerprint density at radius 1 is 1.53 bits per heavy atom. The molecule has 0 amide bonds. The second kappa shape index (κ2) is 4.12. The molecule has 0 aliphatic carbocycles. The highest BCUT2D eigenvalue weighted by molar-refractivity contribution is 5.74. The number of anilines is 1. The Balaban J connectivity index is 2.52. The van der Waals surface area contributed by atoms with Gasteiger partial charge in [0.2, 0.25) is 0 Å². The number of hydrogen-bond donors (Lipinski definition) is 2. The van der Waals surface area contributed by atoms with E-state index in [1.807, 2.05) is 0 Å². The molecule has 0 saturated carbocycles. The number of methoxy groups -OCH3 is 1. The topological polar surface area (TPSA) is 107 Å². The van der Waals surface area contributed by atoms with Gasteiger partial charge in [0.15, 0.2) is 5.75 Å². The third-order valence-electron chi connectivity index (χ3n) is 2.33. The Hall–Kier alpha value is -2.57. The first-order valence-electron chi connectivity index (χ1n) is 4.75. The van der Waals surface area contributed by atoms with Gasteiger partial charge in [-0.1, -0.05) is 0 Å². The van der Waals surface area contributed by atoms with Gasteiger partial charge in [-0.15, -0.1) is 0 Å². The van der Waals surface area contributed by atoms with E-state index in [1.165, 1.54) is 19.4 Å². The molecule has 3 N–H and O–H groups in total. The maximum absolute atomic E-state index is 10.7. The Morgan fingerprint density at radius 2 is 2.29 bits per heavy atom. The number of nitro groups is 1. The van der Waals surface area contributed by atoms with Crippen molar-refractivity contribution >= 4 is 11.4 Å². The normalized spacial score (nSPS) is 10.2. The van der Waals surface area contributed by atoms with E-state index in [0.29, 0.717) is 16.9 Å². The second-order valence-corrected chi connectivity index (χ2v) is 3.34. The van der Waals surface area contributed by atoms with E-state index in [-0.39, 0.29) is 11.4 Å². The van der Waals surface area contributed by atoms with Crippen molar-refractivity contribution in [3.8, 4) is 17.0 Å². The fraction of sp³-hybridized carbons (Fsp3) is 0.100. The van der Waals surface area contributed by atoms with Crippen LogP contribution in [0.4, 0.5) is 11.4 Å². The summed E-state index contributed by atoms with van der Waals surface area (Å²) in [5.74, 6) is 0.182. The van der Waals surface area contributed by atoms with Crippen molar-refractivity contribution < 1.29 is 9.66 Å². The highest BCUT2D eigenvalue weighted by Crippen LogP contribution is 2.32. The van der Waals surface area contributed by atoms with Crippen molar-refractivity contribution in [2.45, 2.75) is 0 Å². The van der Waals surface area contributed by atoms with E-state index in [0.717, 1.165) is 0 Å². The summed E-state index contributed by atoms with van der Waals surface area (Å²) in [5.41, 5.74) is 7.37. The van der Waals surface area contributed by atoms with E-state index in [4.69, 9.17) is 10.5 Å². The highest BCUT2D eigenvalue weighted by atomic mass is 16.6. The van der Waals surface area contributed by atoms with Gasteiger partial charge in [-0.2, -0.15) is 5.10 Å². The summed E-state index contributed by atoms with van der Waals surface area (Å²) < 4.78 is 4.97. The lowest BCUT2D eigenvalue weighted by molar-refractivity contribution is -0.385. The highest BCUT2D eigenvalue weighted by Gasteiger charge is 2.16. The molecule has 0 spiro atoms. The van der Waals surface area contributed by atoms with E-state index in [1.54, 1.807) is 12.1 Å². The maximum Gasteiger partial charge on any atom is 0.310 e. The minimum Gasteiger partial charge on any atom is -0.490 e. The third-order valence-corrected chi connectivity index (χ3v) is 2.33. The number of ether oxygens (including phenoxy) is 1. The summed E-state index contributed by atoms with van der Waals surface area (Å²) in [6.45, 7) is 0. The molecule has 1 heterocycles. The van der Waals surface area contributed by atoms with Gasteiger partial charge < -0.3 is 10.5 Å². The summed E-state index contributed by atoms with van der Waals surface area (Å²) in [6.07, 6.45) is 1.48. The predicted molar refractivity (Wildman–Crippen MR) is 61.6 cm³/mol. The number of nitrogens with one attached hydrogen (secondary N) is 1. The molecule has 0 radical (unpaired) electrons. The number of nitro benzene ring substituents is 1. The molecular formula is C10H10N4O3. The molecule has 0 aliphatic rings. The SMILES string of the molecule is COc1cc(-c2[nH]ncc2N)ccc1[N+](=O)[O-]. The van der Waals surface area contributed by atoms with Crippen LogP contribution >= 0.6 is 0 Å². The lowest BCUT2D eigenvalue weighted by atomic mass is 10.1. The van der Waals surface area contributed by atoms with Crippen LogP contribution in [0, 0.1) is 10.1 Å². The molecule has 2 rings (SSSR count). The van der Waals surface area contributed by atoms with Crippen LogP contribution in [-0.2, 0) is 0 Å². The van der Waals surface area contributed by atoms with Crippen molar-refractivity contribution in [3.05, 3.63) is 34.5 Å². The van der Waals surface area contributed by atoms with Crippen LogP contribution in [0.2, 0.25) is 0 Å². The molecule has 0 saturated heterocycles. The van der Waals surface area contributed by atoms with Gasteiger partial charge in [0.05, 0.1) is 29.6 Å². The minimum atomic E-state index is -0.501. The zero-order valence-electron chi connectivity index (χ0n) is 9.01. The number of rotatable bonds is 3. The van der Waals surface area contributed by atoms with E-state index < -0.39 is 4.92 Å². The third kappa shape index (κ3) is 1.89. The first kappa shape index (κ1) is 10.9. The molecule has 7 heteroatoms. The van der Waals surface area contributed by atoms with Crippen molar-refractivity contribution in [3.63, 3.8) is 0 Å². The van der Waals surface area contributed by atoms with E-state index >= 15 is 0 Å². The summed E-state index contributed by atoms with van der Waals surface area (Å²) in [7, 11) is 1.38. The Bertz CT molecular complexity index is 564. The molecular weight excluding hydrogens is 224 g/mol. The van der Waals surface area contributed by atoms with E-state index in [9.17, 15) is 10.1 Å². The van der Waals surface area contributed by atoms with Crippen LogP contribution in [0.5, 0.6) is 5.75 Å². The predicted octanol–water partition coefficient (Wildman–Crippen LogP) is 1.58. The van der Waals surface area contributed by atoms with Crippen LogP contribution in [0.1, 0.15) is 0 Å². The molecule has 88 valence electrons. The Morgan fingerprint density at radius 3 is 2.82 bits per heavy atom. The number of aromatic nitrogens is 2. The molecule has 0 unspecified atom stereocenters. The number of nitrogens with two attached hydrogens (primary N) is 1. The lowest BCUT2D eigenvalue weighted by Crippen LogP contribution is -1.94. The molecule has 2 aromatic rings. The number of nitrogen functional groups attached to an aromatic ring is 1. The van der Waals surface area contributed by atoms with Crippen LogP contribution in [-0.4, -0.2) is 22.2 Å². The van der Waals surface area contributed by atoms with Crippen molar-refractivity contribution in [1.29, 1.82) is 0 Å². The Labute approximate surface area is 96.4 Å². The van der Waals surface area contributed by atoms with Gasteiger partial charge in [0.25, 0.3) is 0 Å². The van der Waals surface area contributed by atoms with Gasteiger partial charge in [-0.25, -0.2) is 0 Å². The smallest absolute Gasteiger partial charge is 0.310 e. The van der Waals surface area contributed by atoms with Gasteiger partial charge in [-0.3, -0.25) is 15.2 Å². The van der Waals surface area contributed by atoms with Gasteiger partial charge in [-0.05, 0) is 12.1 Å². The molecule has 0 aliphatic heterocycles. The van der Waals surface area contributed by atoms with Crippen LogP contribution in [0.25, 0.3) is 11.3 Å². The summed E-state index contributed by atoms with van der Waals surface area (Å²) in [4.78, 5) is 10.2. The monoisotopic (exact) mass is 234 g/mol. The van der Waals surface area contributed by atoms with Gasteiger partial charge >= 0.3 is 5.69 Å². The second-order valence-electron chi connectivity index (χ2n) is 3.34. The summed E-state index contributed by atoms with van der Waals surface area (Å²) in [5, 5.41) is 17.2. The van der Waals surface area contributed by atoms with Crippen LogP contribution in [0.3, 0.4) is 0 Å². The molecule has 0 fully saturated rings. The molecule has 0 atom stereocenters. The zero-order chi connectivity index (χ0) is 12.4. The average Bonchev–Trinajstić information content (AvgIpc) is 2.74. The fourth-order valence-corrected chi connectivity index (χ4v) is 1.51. The van der Waals surface area contributed by atoms with Crippen molar-refractivity contribution in [1.82, 2.24) is 10.2 Å². The maximum atomic E-state index is 10.7. The first-order chi connectivity index (χ1) is 8.13. The minimum absolute atomic E-state index is 0.0886. The number of benzene rings is 1. The van der Waals surface area contributed by atoms with Crippen molar-refractivity contribution in [2.75, 3.05) is 12.8 Å². The number of aromatic amines is 1. The Kier molecular flexibility index (Phi) is 2.65. The number of H-pyrrole nitrogens is 1. The zero-order valence-corrected chi connectivity index (χ0v) is 9.01. The molecule has 7 nitrogen and oxygen atoms in total. The van der Waals surface area contributed by atoms with E-state index in [2.05, 4.69) is 10.2 Å². The molecule has 1 aromatic carbocycles. The molecule has 1 aromatic heterocycles. The summed E-state index contributed by atoms with van der Waals surface area (Å²) in [6, 6.07) is 4.50. The van der Waals surface area contributed by atoms with Crippen LogP contribution in [0.15, 0.2) is 24.4 Å². The molecule has 17 heavy (non-hydrogen) atoms. The molecule has 0 bridgehead atoms. The van der Waals surface area contributed by atoms with Gasteiger partial charge in [0.1, 0.15) is 0 Å². The lowest BCUT2D eigenvalue weighted by Gasteiger charge is -2.04. The summed E-state index contributed by atoms with van der Waals surface area (Å²) >= 11 is 0. The average molecular weight is 234 g/mol. The number of hydrogen-bond acceptors (Lipinski definition) is 5. The largest absolute Gasteiger partial charge is 0.490 e. The van der Waals surface area contributed by atoms with Crippen LogP contribution < -0.4 is 10.5 Å². The van der Waals surface area contributed by atoms with Gasteiger partial charge in [0, 0.05) is 11.6 Å². The first-order valence-corrected chi connectivity index (χ1v) is 4.75. The number of nitrogens with zero attached hydrogens (tertiary/aromatic N) is 2. The fourth-order valence-electron chi connectivity index (χ4n) is 1.51. The standard InChI is InChI=1S/C10H10N4O3/c1-17-9-4-6(2-3-8(9)14(15)16)10-7(11)5-12-13-10/h2-5H,11H2,1H3,(H,12,13). The van der Waals surface area contributed by atoms with Crippen molar-refractivity contribution in [2.24, 2.45) is 0 Å².